The van der Waals surface area contributed by atoms with Crippen molar-refractivity contribution in [3.05, 3.63) is 0 Å². The summed E-state index contributed by atoms with van der Waals surface area (Å²) < 4.78 is 0. The monoisotopic (exact) mass is 215 g/mol. The Kier molecular flexibility index (Phi) is 2.93. The molecule has 1 rings (SSSR count). The summed E-state index contributed by atoms with van der Waals surface area (Å²) in [6.45, 7) is 5.66. The molecule has 2 N–H and O–H groups in total. The highest BCUT2D eigenvalue weighted by Crippen LogP contribution is 2.39. The van der Waals surface area contributed by atoms with E-state index in [0.717, 1.165) is 4.90 Å². The van der Waals surface area contributed by atoms with E-state index in [1.165, 1.54) is 6.92 Å². The van der Waals surface area contributed by atoms with Gasteiger partial charge in [0.2, 0.25) is 0 Å². The van der Waals surface area contributed by atoms with Gasteiger partial charge in [-0.2, -0.15) is 0 Å². The molecule has 0 radical (unpaired) electrons. The maximum absolute atomic E-state index is 11.2. The SMILES string of the molecule is CC(C)C1CCN(C(=O)O)C1(C)C(=O)O. The van der Waals surface area contributed by atoms with Crippen LogP contribution in [0.25, 0.3) is 0 Å². The van der Waals surface area contributed by atoms with Crippen molar-refractivity contribution in [2.45, 2.75) is 32.7 Å². The third-order valence-corrected chi connectivity index (χ3v) is 3.42. The minimum Gasteiger partial charge on any atom is -0.479 e. The van der Waals surface area contributed by atoms with Crippen LogP contribution < -0.4 is 0 Å². The van der Waals surface area contributed by atoms with Crippen LogP contribution in [0.4, 0.5) is 4.79 Å². The molecule has 86 valence electrons. The van der Waals surface area contributed by atoms with Gasteiger partial charge in [-0.3, -0.25) is 4.90 Å². The van der Waals surface area contributed by atoms with Crippen molar-refractivity contribution >= 4 is 12.1 Å². The van der Waals surface area contributed by atoms with Crippen LogP contribution in [0.5, 0.6) is 0 Å². The van der Waals surface area contributed by atoms with Crippen LogP contribution in [0.15, 0.2) is 0 Å². The van der Waals surface area contributed by atoms with Crippen molar-refractivity contribution in [2.75, 3.05) is 6.54 Å². The fourth-order valence-corrected chi connectivity index (χ4v) is 2.53. The summed E-state index contributed by atoms with van der Waals surface area (Å²) in [5.41, 5.74) is -1.28. The molecule has 1 amide bonds. The smallest absolute Gasteiger partial charge is 0.408 e. The van der Waals surface area contributed by atoms with E-state index in [4.69, 9.17) is 5.11 Å². The molecule has 2 atom stereocenters. The number of hydrogen-bond acceptors (Lipinski definition) is 2. The molecule has 15 heavy (non-hydrogen) atoms. The molecule has 0 aromatic rings. The minimum absolute atomic E-state index is 0.119. The van der Waals surface area contributed by atoms with E-state index in [1.54, 1.807) is 0 Å². The van der Waals surface area contributed by atoms with Gasteiger partial charge >= 0.3 is 12.1 Å². The third-order valence-electron chi connectivity index (χ3n) is 3.42. The highest BCUT2D eigenvalue weighted by atomic mass is 16.4. The summed E-state index contributed by atoms with van der Waals surface area (Å²) in [4.78, 5) is 23.2. The van der Waals surface area contributed by atoms with Gasteiger partial charge in [0.25, 0.3) is 0 Å². The van der Waals surface area contributed by atoms with E-state index in [2.05, 4.69) is 0 Å². The predicted octanol–water partition coefficient (Wildman–Crippen LogP) is 1.49. The van der Waals surface area contributed by atoms with Crippen LogP contribution in [-0.2, 0) is 4.79 Å². The van der Waals surface area contributed by atoms with Crippen molar-refractivity contribution in [3.8, 4) is 0 Å². The zero-order chi connectivity index (χ0) is 11.8. The number of nitrogens with zero attached hydrogens (tertiary/aromatic N) is 1. The Morgan fingerprint density at radius 2 is 1.93 bits per heavy atom. The molecule has 1 aliphatic rings. The van der Waals surface area contributed by atoms with E-state index in [-0.39, 0.29) is 11.8 Å². The topological polar surface area (TPSA) is 77.8 Å². The van der Waals surface area contributed by atoms with Gasteiger partial charge < -0.3 is 10.2 Å². The van der Waals surface area contributed by atoms with Gasteiger partial charge in [0.1, 0.15) is 5.54 Å². The molecule has 0 saturated carbocycles. The van der Waals surface area contributed by atoms with Crippen LogP contribution in [0.2, 0.25) is 0 Å². The maximum Gasteiger partial charge on any atom is 0.408 e. The molecule has 1 aliphatic heterocycles. The summed E-state index contributed by atoms with van der Waals surface area (Å²) >= 11 is 0. The molecule has 1 saturated heterocycles. The number of carboxylic acid groups (broad SMARTS) is 2. The van der Waals surface area contributed by atoms with Gasteiger partial charge in [-0.15, -0.1) is 0 Å². The molecule has 0 bridgehead atoms. The number of hydrogen-bond donors (Lipinski definition) is 2. The number of rotatable bonds is 2. The van der Waals surface area contributed by atoms with Gasteiger partial charge in [0, 0.05) is 6.54 Å². The normalized spacial score (nSPS) is 30.9. The first kappa shape index (κ1) is 11.8. The molecule has 5 heteroatoms. The highest BCUT2D eigenvalue weighted by molar-refractivity contribution is 5.84. The van der Waals surface area contributed by atoms with Gasteiger partial charge in [0.05, 0.1) is 0 Å². The third kappa shape index (κ3) is 1.66. The summed E-state index contributed by atoms with van der Waals surface area (Å²) in [5, 5.41) is 18.2. The first-order chi connectivity index (χ1) is 6.81. The van der Waals surface area contributed by atoms with Gasteiger partial charge in [-0.1, -0.05) is 13.8 Å². The standard InChI is InChI=1S/C10H17NO4/c1-6(2)7-4-5-11(9(14)15)10(7,3)8(12)13/h6-7H,4-5H2,1-3H3,(H,12,13)(H,14,15). The van der Waals surface area contributed by atoms with Gasteiger partial charge in [-0.05, 0) is 25.2 Å². The van der Waals surface area contributed by atoms with Crippen molar-refractivity contribution in [3.63, 3.8) is 0 Å². The fraction of sp³-hybridized carbons (Fsp3) is 0.800. The Morgan fingerprint density at radius 1 is 1.40 bits per heavy atom. The molecule has 2 unspecified atom stereocenters. The van der Waals surface area contributed by atoms with Crippen LogP contribution in [0, 0.1) is 11.8 Å². The molecule has 0 aromatic heterocycles. The molecule has 0 spiro atoms. The Labute approximate surface area is 88.7 Å². The molecule has 0 aliphatic carbocycles. The van der Waals surface area contributed by atoms with E-state index in [0.29, 0.717) is 13.0 Å². The lowest BCUT2D eigenvalue weighted by atomic mass is 9.79. The van der Waals surface area contributed by atoms with Gasteiger partial charge in [0.15, 0.2) is 0 Å². The van der Waals surface area contributed by atoms with Crippen molar-refractivity contribution in [1.29, 1.82) is 0 Å². The lowest BCUT2D eigenvalue weighted by molar-refractivity contribution is -0.150. The average molecular weight is 215 g/mol. The predicted molar refractivity (Wildman–Crippen MR) is 53.7 cm³/mol. The van der Waals surface area contributed by atoms with Crippen LogP contribution in [0.3, 0.4) is 0 Å². The van der Waals surface area contributed by atoms with Crippen LogP contribution in [-0.4, -0.2) is 39.3 Å². The summed E-state index contributed by atoms with van der Waals surface area (Å²) in [6, 6.07) is 0. The molecular weight excluding hydrogens is 198 g/mol. The Hall–Kier alpha value is -1.26. The van der Waals surface area contributed by atoms with E-state index in [9.17, 15) is 14.7 Å². The molecule has 0 aromatic carbocycles. The number of carbonyl (C=O) groups is 2. The van der Waals surface area contributed by atoms with Crippen LogP contribution in [0.1, 0.15) is 27.2 Å². The van der Waals surface area contributed by atoms with Crippen molar-refractivity contribution in [2.24, 2.45) is 11.8 Å². The Bertz CT molecular complexity index is 289. The number of carboxylic acids is 1. The fourth-order valence-electron chi connectivity index (χ4n) is 2.53. The lowest BCUT2D eigenvalue weighted by Crippen LogP contribution is -2.54. The second-order valence-electron chi connectivity index (χ2n) is 4.53. The molecular formula is C10H17NO4. The maximum atomic E-state index is 11.2. The quantitative estimate of drug-likeness (QED) is 0.731. The minimum atomic E-state index is -1.28. The zero-order valence-electron chi connectivity index (χ0n) is 9.23. The van der Waals surface area contributed by atoms with Gasteiger partial charge in [-0.25, -0.2) is 9.59 Å². The first-order valence-electron chi connectivity index (χ1n) is 5.05. The second-order valence-corrected chi connectivity index (χ2v) is 4.53. The van der Waals surface area contributed by atoms with E-state index < -0.39 is 17.6 Å². The first-order valence-corrected chi connectivity index (χ1v) is 5.05. The Morgan fingerprint density at radius 3 is 2.27 bits per heavy atom. The number of aliphatic carboxylic acids is 1. The zero-order valence-corrected chi connectivity index (χ0v) is 9.23. The number of likely N-dealkylation sites (tertiary alicyclic amines) is 1. The second kappa shape index (κ2) is 3.72. The average Bonchev–Trinajstić information content (AvgIpc) is 2.43. The van der Waals surface area contributed by atoms with Crippen molar-refractivity contribution in [1.82, 2.24) is 4.90 Å². The summed E-state index contributed by atoms with van der Waals surface area (Å²) in [6.07, 6.45) is -0.532. The molecule has 1 fully saturated rings. The highest BCUT2D eigenvalue weighted by Gasteiger charge is 2.54. The molecule has 1 heterocycles. The van der Waals surface area contributed by atoms with E-state index in [1.807, 2.05) is 13.8 Å². The largest absolute Gasteiger partial charge is 0.479 e. The summed E-state index contributed by atoms with van der Waals surface area (Å²) in [7, 11) is 0. The Balaban J connectivity index is 3.08. The molecule has 5 nitrogen and oxygen atoms in total. The van der Waals surface area contributed by atoms with E-state index >= 15 is 0 Å². The number of amides is 1. The van der Waals surface area contributed by atoms with Crippen molar-refractivity contribution < 1.29 is 19.8 Å². The lowest BCUT2D eigenvalue weighted by Gasteiger charge is -2.35. The van der Waals surface area contributed by atoms with Crippen LogP contribution >= 0.6 is 0 Å². The summed E-state index contributed by atoms with van der Waals surface area (Å²) in [5.74, 6) is -1.01.